The normalized spacial score (nSPS) is 22.6. The van der Waals surface area contributed by atoms with Crippen LogP contribution in [-0.2, 0) is 9.47 Å². The molecule has 1 N–H and O–H groups in total. The third kappa shape index (κ3) is 2.39. The Balaban J connectivity index is 1.91. The number of aromatic nitrogens is 2. The van der Waals surface area contributed by atoms with Gasteiger partial charge in [-0.1, -0.05) is 0 Å². The van der Waals surface area contributed by atoms with Gasteiger partial charge in [0.25, 0.3) is 0 Å². The number of anilines is 1. The number of rotatable bonds is 4. The van der Waals surface area contributed by atoms with Gasteiger partial charge in [-0.15, -0.1) is 11.3 Å². The molecule has 0 amide bonds. The van der Waals surface area contributed by atoms with Crippen molar-refractivity contribution in [2.24, 2.45) is 0 Å². The lowest BCUT2D eigenvalue weighted by Crippen LogP contribution is -2.34. The summed E-state index contributed by atoms with van der Waals surface area (Å²) in [7, 11) is 0. The quantitative estimate of drug-likeness (QED) is 0.938. The highest BCUT2D eigenvalue weighted by Gasteiger charge is 2.29. The van der Waals surface area contributed by atoms with Gasteiger partial charge < -0.3 is 14.8 Å². The van der Waals surface area contributed by atoms with E-state index in [4.69, 9.17) is 9.47 Å². The van der Waals surface area contributed by atoms with Crippen LogP contribution in [-0.4, -0.2) is 41.9 Å². The van der Waals surface area contributed by atoms with Crippen molar-refractivity contribution in [3.8, 4) is 0 Å². The molecule has 2 atom stereocenters. The molecule has 3 heterocycles. The van der Waals surface area contributed by atoms with Crippen LogP contribution in [0.2, 0.25) is 0 Å². The standard InChI is InChI=1S/C14H19N3O2S/c1-4-19-11-6-18-5-10(11)17-13-12-8(2)9(3)20-14(12)16-7-15-13/h7,10-11H,4-6H2,1-3H3,(H,15,16,17)/t10-,11-/m1/s1. The lowest BCUT2D eigenvalue weighted by molar-refractivity contribution is 0.0478. The van der Waals surface area contributed by atoms with Crippen LogP contribution >= 0.6 is 11.3 Å². The number of fused-ring (bicyclic) bond motifs is 1. The van der Waals surface area contributed by atoms with E-state index in [9.17, 15) is 0 Å². The van der Waals surface area contributed by atoms with Gasteiger partial charge in [0.2, 0.25) is 0 Å². The maximum Gasteiger partial charge on any atom is 0.138 e. The van der Waals surface area contributed by atoms with E-state index >= 15 is 0 Å². The summed E-state index contributed by atoms with van der Waals surface area (Å²) in [6.45, 7) is 8.23. The minimum absolute atomic E-state index is 0.0880. The van der Waals surface area contributed by atoms with Gasteiger partial charge in [0, 0.05) is 11.5 Å². The second kappa shape index (κ2) is 5.63. The SMILES string of the molecule is CCO[C@@H]1COC[C@H]1Nc1ncnc2sc(C)c(C)c12. The van der Waals surface area contributed by atoms with Crippen molar-refractivity contribution in [2.75, 3.05) is 25.1 Å². The summed E-state index contributed by atoms with van der Waals surface area (Å²) in [6.07, 6.45) is 1.70. The summed E-state index contributed by atoms with van der Waals surface area (Å²) in [4.78, 5) is 11.1. The zero-order valence-corrected chi connectivity index (χ0v) is 12.8. The topological polar surface area (TPSA) is 56.3 Å². The predicted octanol–water partition coefficient (Wildman–Crippen LogP) is 2.52. The highest BCUT2D eigenvalue weighted by molar-refractivity contribution is 7.18. The Morgan fingerprint density at radius 2 is 2.25 bits per heavy atom. The predicted molar refractivity (Wildman–Crippen MR) is 80.5 cm³/mol. The molecule has 2 aromatic rings. The van der Waals surface area contributed by atoms with Gasteiger partial charge in [-0.2, -0.15) is 0 Å². The molecule has 0 saturated carbocycles. The third-order valence-corrected chi connectivity index (χ3v) is 4.81. The largest absolute Gasteiger partial charge is 0.376 e. The van der Waals surface area contributed by atoms with E-state index in [1.807, 2.05) is 6.92 Å². The van der Waals surface area contributed by atoms with Crippen LogP contribution in [0.1, 0.15) is 17.4 Å². The van der Waals surface area contributed by atoms with E-state index in [2.05, 4.69) is 29.1 Å². The van der Waals surface area contributed by atoms with Crippen molar-refractivity contribution >= 4 is 27.4 Å². The van der Waals surface area contributed by atoms with Gasteiger partial charge in [0.05, 0.1) is 24.6 Å². The first-order valence-electron chi connectivity index (χ1n) is 6.87. The second-order valence-electron chi connectivity index (χ2n) is 4.97. The Kier molecular flexibility index (Phi) is 3.87. The van der Waals surface area contributed by atoms with E-state index in [1.165, 1.54) is 10.4 Å². The first-order valence-corrected chi connectivity index (χ1v) is 7.69. The number of hydrogen-bond donors (Lipinski definition) is 1. The van der Waals surface area contributed by atoms with Gasteiger partial charge in [0.15, 0.2) is 0 Å². The van der Waals surface area contributed by atoms with Crippen LogP contribution in [0.3, 0.4) is 0 Å². The zero-order valence-electron chi connectivity index (χ0n) is 12.0. The number of aryl methyl sites for hydroxylation is 2. The van der Waals surface area contributed by atoms with Crippen molar-refractivity contribution in [1.29, 1.82) is 0 Å². The third-order valence-electron chi connectivity index (χ3n) is 3.70. The smallest absolute Gasteiger partial charge is 0.138 e. The van der Waals surface area contributed by atoms with Crippen molar-refractivity contribution in [3.63, 3.8) is 0 Å². The van der Waals surface area contributed by atoms with Crippen LogP contribution in [0.25, 0.3) is 10.2 Å². The van der Waals surface area contributed by atoms with Crippen molar-refractivity contribution < 1.29 is 9.47 Å². The van der Waals surface area contributed by atoms with Crippen LogP contribution in [0.5, 0.6) is 0 Å². The monoisotopic (exact) mass is 293 g/mol. The summed E-state index contributed by atoms with van der Waals surface area (Å²) in [5, 5.41) is 4.60. The number of thiophene rings is 1. The average Bonchev–Trinajstić information content (AvgIpc) is 2.97. The summed E-state index contributed by atoms with van der Waals surface area (Å²) >= 11 is 1.71. The number of ether oxygens (including phenoxy) is 2. The molecule has 0 aromatic carbocycles. The Labute approximate surface area is 122 Å². The highest BCUT2D eigenvalue weighted by Crippen LogP contribution is 2.33. The molecule has 20 heavy (non-hydrogen) atoms. The molecular formula is C14H19N3O2S. The van der Waals surface area contributed by atoms with Crippen molar-refractivity contribution in [1.82, 2.24) is 9.97 Å². The maximum absolute atomic E-state index is 5.71. The molecule has 1 saturated heterocycles. The number of hydrogen-bond acceptors (Lipinski definition) is 6. The Hall–Kier alpha value is -1.24. The molecule has 0 radical (unpaired) electrons. The molecular weight excluding hydrogens is 274 g/mol. The number of nitrogens with one attached hydrogen (secondary N) is 1. The van der Waals surface area contributed by atoms with Crippen molar-refractivity contribution in [2.45, 2.75) is 32.9 Å². The fourth-order valence-electron chi connectivity index (χ4n) is 2.52. The molecule has 3 rings (SSSR count). The molecule has 0 bridgehead atoms. The molecule has 2 aromatic heterocycles. The van der Waals surface area contributed by atoms with Gasteiger partial charge in [-0.05, 0) is 26.3 Å². The number of nitrogens with zero attached hydrogens (tertiary/aromatic N) is 2. The fourth-order valence-corrected chi connectivity index (χ4v) is 3.51. The van der Waals surface area contributed by atoms with Gasteiger partial charge in [-0.3, -0.25) is 0 Å². The van der Waals surface area contributed by atoms with Gasteiger partial charge in [-0.25, -0.2) is 9.97 Å². The van der Waals surface area contributed by atoms with E-state index in [1.54, 1.807) is 17.7 Å². The van der Waals surface area contributed by atoms with Crippen LogP contribution in [0, 0.1) is 13.8 Å². The summed E-state index contributed by atoms with van der Waals surface area (Å²) in [6, 6.07) is 0.146. The molecule has 6 heteroatoms. The zero-order chi connectivity index (χ0) is 14.1. The lowest BCUT2D eigenvalue weighted by Gasteiger charge is -2.19. The van der Waals surface area contributed by atoms with Gasteiger partial charge >= 0.3 is 0 Å². The van der Waals surface area contributed by atoms with Crippen LogP contribution in [0.4, 0.5) is 5.82 Å². The maximum atomic E-state index is 5.71. The Bertz CT molecular complexity index is 614. The van der Waals surface area contributed by atoms with E-state index in [0.29, 0.717) is 19.8 Å². The summed E-state index contributed by atoms with van der Waals surface area (Å²) in [5.74, 6) is 0.886. The van der Waals surface area contributed by atoms with Gasteiger partial charge in [0.1, 0.15) is 23.1 Å². The van der Waals surface area contributed by atoms with Crippen LogP contribution in [0.15, 0.2) is 6.33 Å². The van der Waals surface area contributed by atoms with E-state index < -0.39 is 0 Å². The summed E-state index contributed by atoms with van der Waals surface area (Å²) < 4.78 is 11.2. The molecule has 1 aliphatic heterocycles. The van der Waals surface area contributed by atoms with E-state index in [-0.39, 0.29) is 12.1 Å². The Morgan fingerprint density at radius 1 is 1.40 bits per heavy atom. The average molecular weight is 293 g/mol. The van der Waals surface area contributed by atoms with Crippen LogP contribution < -0.4 is 5.32 Å². The molecule has 108 valence electrons. The van der Waals surface area contributed by atoms with E-state index in [0.717, 1.165) is 16.0 Å². The second-order valence-corrected chi connectivity index (χ2v) is 6.17. The minimum atomic E-state index is 0.0880. The minimum Gasteiger partial charge on any atom is -0.376 e. The van der Waals surface area contributed by atoms with Crippen molar-refractivity contribution in [3.05, 3.63) is 16.8 Å². The molecule has 5 nitrogen and oxygen atoms in total. The summed E-state index contributed by atoms with van der Waals surface area (Å²) in [5.41, 5.74) is 1.25. The fraction of sp³-hybridized carbons (Fsp3) is 0.571. The molecule has 1 fully saturated rings. The first kappa shape index (κ1) is 13.7. The highest BCUT2D eigenvalue weighted by atomic mass is 32.1. The Morgan fingerprint density at radius 3 is 3.05 bits per heavy atom. The molecule has 0 aliphatic carbocycles. The lowest BCUT2D eigenvalue weighted by atomic mass is 10.1. The first-order chi connectivity index (χ1) is 9.70. The molecule has 0 spiro atoms. The molecule has 0 unspecified atom stereocenters. The molecule has 1 aliphatic rings.